The van der Waals surface area contributed by atoms with E-state index in [9.17, 15) is 0 Å². The summed E-state index contributed by atoms with van der Waals surface area (Å²) in [5.74, 6) is 1.04. The molecule has 2 nitrogen and oxygen atoms in total. The van der Waals surface area contributed by atoms with Gasteiger partial charge in [0.05, 0.1) is 5.69 Å². The van der Waals surface area contributed by atoms with Gasteiger partial charge in [-0.2, -0.15) is 0 Å². The number of hydrogen-bond donors (Lipinski definition) is 1. The summed E-state index contributed by atoms with van der Waals surface area (Å²) in [7, 11) is 0. The molecule has 2 aromatic rings. The average Bonchev–Trinajstić information content (AvgIpc) is 2.82. The predicted molar refractivity (Wildman–Crippen MR) is 85.6 cm³/mol. The average molecular weight is 286 g/mol. The summed E-state index contributed by atoms with van der Waals surface area (Å²) in [6.07, 6.45) is 1.15. The second-order valence-corrected chi connectivity index (χ2v) is 6.87. The molecule has 3 rings (SSSR count). The van der Waals surface area contributed by atoms with Crippen LogP contribution in [0.1, 0.15) is 59.3 Å². The van der Waals surface area contributed by atoms with Crippen LogP contribution in [0.15, 0.2) is 24.3 Å². The van der Waals surface area contributed by atoms with Gasteiger partial charge in [0.25, 0.3) is 0 Å². The number of hydrogen-bond acceptors (Lipinski definition) is 3. The molecule has 1 aromatic heterocycles. The van der Waals surface area contributed by atoms with E-state index < -0.39 is 0 Å². The lowest BCUT2D eigenvalue weighted by Gasteiger charge is -2.28. The standard InChI is InChI=1S/C17H22N2S/c1-4-18-10-15-16(11(2)3)19-17(20-15)14-9-12-7-5-6-8-13(12)14/h5-8,11,14,18H,4,9-10H2,1-3H3. The Kier molecular flexibility index (Phi) is 3.90. The van der Waals surface area contributed by atoms with Gasteiger partial charge in [0.2, 0.25) is 0 Å². The molecule has 3 heteroatoms. The van der Waals surface area contributed by atoms with Crippen molar-refractivity contribution >= 4 is 11.3 Å². The van der Waals surface area contributed by atoms with E-state index in [1.54, 1.807) is 0 Å². The fourth-order valence-corrected chi connectivity index (χ4v) is 4.14. The lowest BCUT2D eigenvalue weighted by molar-refractivity contribution is 0.687. The van der Waals surface area contributed by atoms with Gasteiger partial charge in [0.1, 0.15) is 5.01 Å². The van der Waals surface area contributed by atoms with Gasteiger partial charge in [-0.3, -0.25) is 0 Å². The molecule has 0 aliphatic heterocycles. The van der Waals surface area contributed by atoms with E-state index in [-0.39, 0.29) is 0 Å². The number of benzene rings is 1. The van der Waals surface area contributed by atoms with Crippen LogP contribution in [0.25, 0.3) is 0 Å². The van der Waals surface area contributed by atoms with E-state index in [1.807, 2.05) is 11.3 Å². The van der Waals surface area contributed by atoms with Crippen LogP contribution in [0, 0.1) is 0 Å². The van der Waals surface area contributed by atoms with Crippen molar-refractivity contribution in [3.8, 4) is 0 Å². The van der Waals surface area contributed by atoms with Crippen molar-refractivity contribution in [1.29, 1.82) is 0 Å². The van der Waals surface area contributed by atoms with Crippen molar-refractivity contribution in [3.05, 3.63) is 51.0 Å². The number of nitrogens with zero attached hydrogens (tertiary/aromatic N) is 1. The zero-order chi connectivity index (χ0) is 14.1. The van der Waals surface area contributed by atoms with Crippen molar-refractivity contribution in [2.45, 2.75) is 45.6 Å². The van der Waals surface area contributed by atoms with Crippen molar-refractivity contribution in [2.75, 3.05) is 6.54 Å². The maximum Gasteiger partial charge on any atom is 0.101 e. The van der Waals surface area contributed by atoms with Crippen LogP contribution >= 0.6 is 11.3 Å². The second-order valence-electron chi connectivity index (χ2n) is 5.75. The predicted octanol–water partition coefficient (Wildman–Crippen LogP) is 4.06. The van der Waals surface area contributed by atoms with Crippen LogP contribution in [-0.2, 0) is 13.0 Å². The van der Waals surface area contributed by atoms with Crippen LogP contribution in [0.2, 0.25) is 0 Å². The van der Waals surface area contributed by atoms with Gasteiger partial charge in [-0.15, -0.1) is 11.3 Å². The normalized spacial score (nSPS) is 17.1. The van der Waals surface area contributed by atoms with Crippen LogP contribution in [0.5, 0.6) is 0 Å². The molecular weight excluding hydrogens is 264 g/mol. The van der Waals surface area contributed by atoms with E-state index in [0.717, 1.165) is 19.5 Å². The van der Waals surface area contributed by atoms with Gasteiger partial charge in [0.15, 0.2) is 0 Å². The van der Waals surface area contributed by atoms with Crippen molar-refractivity contribution in [2.24, 2.45) is 0 Å². The largest absolute Gasteiger partial charge is 0.312 e. The third-order valence-electron chi connectivity index (χ3n) is 3.98. The van der Waals surface area contributed by atoms with Gasteiger partial charge in [-0.05, 0) is 30.0 Å². The molecule has 1 aliphatic rings. The Bertz CT molecular complexity index is 601. The van der Waals surface area contributed by atoms with E-state index in [4.69, 9.17) is 4.98 Å². The quantitative estimate of drug-likeness (QED) is 0.896. The lowest BCUT2D eigenvalue weighted by atomic mass is 9.78. The van der Waals surface area contributed by atoms with E-state index in [0.29, 0.717) is 11.8 Å². The minimum Gasteiger partial charge on any atom is -0.312 e. The van der Waals surface area contributed by atoms with Crippen LogP contribution in [0.3, 0.4) is 0 Å². The highest BCUT2D eigenvalue weighted by Gasteiger charge is 2.30. The van der Waals surface area contributed by atoms with Crippen molar-refractivity contribution < 1.29 is 0 Å². The Morgan fingerprint density at radius 1 is 1.35 bits per heavy atom. The number of rotatable bonds is 5. The molecule has 0 spiro atoms. The molecule has 106 valence electrons. The molecule has 1 aliphatic carbocycles. The number of thiazole rings is 1. The zero-order valence-corrected chi connectivity index (χ0v) is 13.3. The van der Waals surface area contributed by atoms with E-state index >= 15 is 0 Å². The first-order chi connectivity index (χ1) is 9.70. The number of aromatic nitrogens is 1. The summed E-state index contributed by atoms with van der Waals surface area (Å²) < 4.78 is 0. The SMILES string of the molecule is CCNCc1sc(C2Cc3ccccc32)nc1C(C)C. The Hall–Kier alpha value is -1.19. The van der Waals surface area contributed by atoms with Gasteiger partial charge < -0.3 is 5.32 Å². The molecule has 0 fully saturated rings. The molecule has 0 bridgehead atoms. The summed E-state index contributed by atoms with van der Waals surface area (Å²) in [6.45, 7) is 8.60. The van der Waals surface area contributed by atoms with Gasteiger partial charge in [-0.1, -0.05) is 45.0 Å². The number of nitrogens with one attached hydrogen (secondary N) is 1. The lowest BCUT2D eigenvalue weighted by Crippen LogP contribution is -2.17. The first-order valence-corrected chi connectivity index (χ1v) is 8.30. The summed E-state index contributed by atoms with van der Waals surface area (Å²) in [5.41, 5.74) is 4.26. The molecule has 0 saturated heterocycles. The third kappa shape index (κ3) is 2.40. The fraction of sp³-hybridized carbons (Fsp3) is 0.471. The van der Waals surface area contributed by atoms with Crippen LogP contribution < -0.4 is 5.32 Å². The molecular formula is C17H22N2S. The minimum absolute atomic E-state index is 0.504. The molecule has 1 atom stereocenters. The third-order valence-corrected chi connectivity index (χ3v) is 5.16. The summed E-state index contributed by atoms with van der Waals surface area (Å²) in [6, 6.07) is 8.76. The van der Waals surface area contributed by atoms with Gasteiger partial charge >= 0.3 is 0 Å². The molecule has 0 amide bonds. The minimum atomic E-state index is 0.504. The summed E-state index contributed by atoms with van der Waals surface area (Å²) in [5, 5.41) is 4.74. The smallest absolute Gasteiger partial charge is 0.101 e. The maximum atomic E-state index is 4.96. The zero-order valence-electron chi connectivity index (χ0n) is 12.4. The summed E-state index contributed by atoms with van der Waals surface area (Å²) >= 11 is 1.90. The topological polar surface area (TPSA) is 24.9 Å². The number of fused-ring (bicyclic) bond motifs is 1. The summed E-state index contributed by atoms with van der Waals surface area (Å²) in [4.78, 5) is 6.38. The molecule has 1 heterocycles. The van der Waals surface area contributed by atoms with Gasteiger partial charge in [-0.25, -0.2) is 4.98 Å². The van der Waals surface area contributed by atoms with Crippen LogP contribution in [0.4, 0.5) is 0 Å². The Balaban J connectivity index is 1.88. The molecule has 20 heavy (non-hydrogen) atoms. The molecule has 0 radical (unpaired) electrons. The molecule has 1 aromatic carbocycles. The van der Waals surface area contributed by atoms with Crippen molar-refractivity contribution in [3.63, 3.8) is 0 Å². The molecule has 1 N–H and O–H groups in total. The fourth-order valence-electron chi connectivity index (χ4n) is 2.83. The monoisotopic (exact) mass is 286 g/mol. The van der Waals surface area contributed by atoms with E-state index in [1.165, 1.54) is 26.7 Å². The molecule has 1 unspecified atom stereocenters. The van der Waals surface area contributed by atoms with Crippen LogP contribution in [-0.4, -0.2) is 11.5 Å². The van der Waals surface area contributed by atoms with Gasteiger partial charge in [0, 0.05) is 17.3 Å². The first-order valence-electron chi connectivity index (χ1n) is 7.48. The first kappa shape index (κ1) is 13.8. The Labute approximate surface area is 125 Å². The highest BCUT2D eigenvalue weighted by molar-refractivity contribution is 7.11. The van der Waals surface area contributed by atoms with E-state index in [2.05, 4.69) is 50.4 Å². The Morgan fingerprint density at radius 3 is 2.85 bits per heavy atom. The molecule has 0 saturated carbocycles. The second kappa shape index (κ2) is 5.66. The highest BCUT2D eigenvalue weighted by atomic mass is 32.1. The van der Waals surface area contributed by atoms with Crippen molar-refractivity contribution in [1.82, 2.24) is 10.3 Å². The maximum absolute atomic E-state index is 4.96. The Morgan fingerprint density at radius 2 is 2.15 bits per heavy atom. The highest BCUT2D eigenvalue weighted by Crippen LogP contribution is 2.42.